The molecule has 74 valence electrons. The van der Waals surface area contributed by atoms with E-state index < -0.39 is 0 Å². The van der Waals surface area contributed by atoms with Gasteiger partial charge in [0.15, 0.2) is 0 Å². The molecular formula is C12H15NO. The summed E-state index contributed by atoms with van der Waals surface area (Å²) in [5.41, 5.74) is 0.900. The number of para-hydroxylation sites is 1. The molecule has 1 amide bonds. The number of benzene rings is 1. The first-order valence-corrected chi connectivity index (χ1v) is 5.19. The van der Waals surface area contributed by atoms with Crippen molar-refractivity contribution in [1.82, 2.24) is 0 Å². The Morgan fingerprint density at radius 3 is 2.57 bits per heavy atom. The van der Waals surface area contributed by atoms with Crippen molar-refractivity contribution in [3.8, 4) is 0 Å². The van der Waals surface area contributed by atoms with Gasteiger partial charge in [-0.2, -0.15) is 0 Å². The van der Waals surface area contributed by atoms with Gasteiger partial charge in [0.1, 0.15) is 0 Å². The van der Waals surface area contributed by atoms with Gasteiger partial charge >= 0.3 is 0 Å². The van der Waals surface area contributed by atoms with E-state index in [9.17, 15) is 4.79 Å². The number of hydrogen-bond acceptors (Lipinski definition) is 1. The summed E-state index contributed by atoms with van der Waals surface area (Å²) < 4.78 is 0. The van der Waals surface area contributed by atoms with E-state index in [1.165, 1.54) is 19.3 Å². The fraction of sp³-hybridized carbons (Fsp3) is 0.417. The van der Waals surface area contributed by atoms with E-state index in [1.807, 2.05) is 30.3 Å². The second-order valence-electron chi connectivity index (χ2n) is 3.92. The fourth-order valence-electron chi connectivity index (χ4n) is 1.69. The number of anilines is 1. The van der Waals surface area contributed by atoms with Crippen molar-refractivity contribution in [2.24, 2.45) is 5.92 Å². The van der Waals surface area contributed by atoms with Crippen LogP contribution in [-0.2, 0) is 4.79 Å². The lowest BCUT2D eigenvalue weighted by atomic mass is 9.83. The van der Waals surface area contributed by atoms with Gasteiger partial charge in [0.05, 0.1) is 0 Å². The van der Waals surface area contributed by atoms with Gasteiger partial charge in [-0.25, -0.2) is 0 Å². The minimum Gasteiger partial charge on any atom is -0.326 e. The summed E-state index contributed by atoms with van der Waals surface area (Å²) in [6.07, 6.45) is 4.43. The molecule has 2 nitrogen and oxygen atoms in total. The third-order valence-electron chi connectivity index (χ3n) is 2.76. The first-order chi connectivity index (χ1) is 6.84. The molecule has 1 N–H and O–H groups in total. The number of amides is 1. The summed E-state index contributed by atoms with van der Waals surface area (Å²) in [5.74, 6) is 0.791. The molecular weight excluding hydrogens is 174 g/mol. The topological polar surface area (TPSA) is 29.1 Å². The first-order valence-electron chi connectivity index (χ1n) is 5.19. The van der Waals surface area contributed by atoms with E-state index in [1.54, 1.807) is 0 Å². The van der Waals surface area contributed by atoms with E-state index in [2.05, 4.69) is 5.32 Å². The standard InChI is InChI=1S/C12H15NO/c14-12(9-10-5-4-6-10)13-11-7-2-1-3-8-11/h1-3,7-8,10H,4-6,9H2,(H,13,14). The fourth-order valence-corrected chi connectivity index (χ4v) is 1.69. The van der Waals surface area contributed by atoms with E-state index >= 15 is 0 Å². The van der Waals surface area contributed by atoms with Crippen LogP contribution >= 0.6 is 0 Å². The number of carbonyl (C=O) groups excluding carboxylic acids is 1. The zero-order chi connectivity index (χ0) is 9.80. The van der Waals surface area contributed by atoms with Crippen LogP contribution in [0.1, 0.15) is 25.7 Å². The molecule has 1 saturated carbocycles. The molecule has 14 heavy (non-hydrogen) atoms. The molecule has 1 aromatic rings. The molecule has 0 heterocycles. The van der Waals surface area contributed by atoms with Crippen LogP contribution in [0.15, 0.2) is 30.3 Å². The predicted molar refractivity (Wildman–Crippen MR) is 57.0 cm³/mol. The van der Waals surface area contributed by atoms with Crippen molar-refractivity contribution >= 4 is 11.6 Å². The summed E-state index contributed by atoms with van der Waals surface area (Å²) in [5, 5.41) is 2.90. The highest BCUT2D eigenvalue weighted by molar-refractivity contribution is 5.90. The molecule has 0 radical (unpaired) electrons. The minimum absolute atomic E-state index is 0.154. The summed E-state index contributed by atoms with van der Waals surface area (Å²) in [7, 11) is 0. The molecule has 0 unspecified atom stereocenters. The molecule has 1 fully saturated rings. The summed E-state index contributed by atoms with van der Waals surface area (Å²) in [6.45, 7) is 0. The Morgan fingerprint density at radius 1 is 1.29 bits per heavy atom. The van der Waals surface area contributed by atoms with Crippen LogP contribution in [0.4, 0.5) is 5.69 Å². The Kier molecular flexibility index (Phi) is 2.82. The van der Waals surface area contributed by atoms with Crippen molar-refractivity contribution in [3.05, 3.63) is 30.3 Å². The molecule has 2 rings (SSSR count). The number of nitrogens with one attached hydrogen (secondary N) is 1. The summed E-state index contributed by atoms with van der Waals surface area (Å²) >= 11 is 0. The van der Waals surface area contributed by atoms with Gasteiger partial charge in [0.25, 0.3) is 0 Å². The second kappa shape index (κ2) is 4.27. The number of hydrogen-bond donors (Lipinski definition) is 1. The molecule has 0 atom stereocenters. The maximum atomic E-state index is 11.5. The molecule has 0 saturated heterocycles. The molecule has 0 bridgehead atoms. The lowest BCUT2D eigenvalue weighted by Gasteiger charge is -2.24. The van der Waals surface area contributed by atoms with Crippen molar-refractivity contribution in [2.45, 2.75) is 25.7 Å². The van der Waals surface area contributed by atoms with Crippen LogP contribution in [0.2, 0.25) is 0 Å². The van der Waals surface area contributed by atoms with Gasteiger partial charge in [0.2, 0.25) is 5.91 Å². The van der Waals surface area contributed by atoms with E-state index in [0.29, 0.717) is 12.3 Å². The normalized spacial score (nSPS) is 16.0. The van der Waals surface area contributed by atoms with Gasteiger partial charge in [-0.1, -0.05) is 24.6 Å². The van der Waals surface area contributed by atoms with Crippen molar-refractivity contribution < 1.29 is 4.79 Å². The first kappa shape index (κ1) is 9.25. The van der Waals surface area contributed by atoms with E-state index in [-0.39, 0.29) is 5.91 Å². The van der Waals surface area contributed by atoms with E-state index in [0.717, 1.165) is 5.69 Å². The summed E-state index contributed by atoms with van der Waals surface area (Å²) in [4.78, 5) is 11.5. The zero-order valence-electron chi connectivity index (χ0n) is 8.20. The predicted octanol–water partition coefficient (Wildman–Crippen LogP) is 2.82. The van der Waals surface area contributed by atoms with Crippen LogP contribution in [-0.4, -0.2) is 5.91 Å². The molecule has 0 aromatic heterocycles. The van der Waals surface area contributed by atoms with E-state index in [4.69, 9.17) is 0 Å². The highest BCUT2D eigenvalue weighted by Crippen LogP contribution is 2.29. The molecule has 1 aliphatic rings. The molecule has 2 heteroatoms. The van der Waals surface area contributed by atoms with Gasteiger partial charge in [-0.3, -0.25) is 4.79 Å². The van der Waals surface area contributed by atoms with Crippen LogP contribution in [0.3, 0.4) is 0 Å². The quantitative estimate of drug-likeness (QED) is 0.778. The van der Waals surface area contributed by atoms with Gasteiger partial charge in [-0.15, -0.1) is 0 Å². The Balaban J connectivity index is 1.82. The van der Waals surface area contributed by atoms with Gasteiger partial charge < -0.3 is 5.32 Å². The largest absolute Gasteiger partial charge is 0.326 e. The Morgan fingerprint density at radius 2 is 2.00 bits per heavy atom. The highest BCUT2D eigenvalue weighted by Gasteiger charge is 2.20. The third-order valence-corrected chi connectivity index (χ3v) is 2.76. The summed E-state index contributed by atoms with van der Waals surface area (Å²) in [6, 6.07) is 9.64. The highest BCUT2D eigenvalue weighted by atomic mass is 16.1. The Bertz CT molecular complexity index is 303. The van der Waals surface area contributed by atoms with Gasteiger partial charge in [-0.05, 0) is 30.9 Å². The molecule has 1 aliphatic carbocycles. The van der Waals surface area contributed by atoms with Crippen molar-refractivity contribution in [2.75, 3.05) is 5.32 Å². The lowest BCUT2D eigenvalue weighted by Crippen LogP contribution is -2.20. The average Bonchev–Trinajstić information content (AvgIpc) is 2.13. The number of rotatable bonds is 3. The average molecular weight is 189 g/mol. The SMILES string of the molecule is O=C(CC1CCC1)Nc1ccccc1. The lowest BCUT2D eigenvalue weighted by molar-refractivity contribution is -0.117. The van der Waals surface area contributed by atoms with Gasteiger partial charge in [0, 0.05) is 12.1 Å². The number of carbonyl (C=O) groups is 1. The molecule has 1 aromatic carbocycles. The van der Waals surface area contributed by atoms with Crippen LogP contribution < -0.4 is 5.32 Å². The van der Waals surface area contributed by atoms with Crippen LogP contribution in [0.5, 0.6) is 0 Å². The molecule has 0 aliphatic heterocycles. The third kappa shape index (κ3) is 2.34. The Labute approximate surface area is 84.3 Å². The Hall–Kier alpha value is -1.31. The van der Waals surface area contributed by atoms with Crippen molar-refractivity contribution in [3.63, 3.8) is 0 Å². The van der Waals surface area contributed by atoms with Crippen LogP contribution in [0.25, 0.3) is 0 Å². The maximum absolute atomic E-state index is 11.5. The van der Waals surface area contributed by atoms with Crippen LogP contribution in [0, 0.1) is 5.92 Å². The monoisotopic (exact) mass is 189 g/mol. The second-order valence-corrected chi connectivity index (χ2v) is 3.92. The smallest absolute Gasteiger partial charge is 0.224 e. The maximum Gasteiger partial charge on any atom is 0.224 e. The van der Waals surface area contributed by atoms with Crippen molar-refractivity contribution in [1.29, 1.82) is 0 Å². The minimum atomic E-state index is 0.154. The zero-order valence-corrected chi connectivity index (χ0v) is 8.20. The molecule has 0 spiro atoms.